The SMILES string of the molecule is CCOC(=O)[C@@H]1CCCN(S(=O)(=O)[C@H]2CON(C)[C@H]2c2cccc(Oc3ccccc3)c2)C1. The van der Waals surface area contributed by atoms with E-state index >= 15 is 0 Å². The Morgan fingerprint density at radius 3 is 2.64 bits per heavy atom. The molecule has 2 heterocycles. The molecular weight excluding hydrogens is 444 g/mol. The quantitative estimate of drug-likeness (QED) is 0.569. The Hall–Kier alpha value is -2.46. The molecule has 0 unspecified atom stereocenters. The first-order valence-corrected chi connectivity index (χ1v) is 12.7. The number of nitrogens with zero attached hydrogens (tertiary/aromatic N) is 2. The van der Waals surface area contributed by atoms with Gasteiger partial charge in [-0.2, -0.15) is 5.06 Å². The molecule has 0 aromatic heterocycles. The third-order valence-corrected chi connectivity index (χ3v) is 8.32. The number of ether oxygens (including phenoxy) is 2. The number of para-hydroxylation sites is 1. The van der Waals surface area contributed by atoms with Crippen LogP contribution in [0.15, 0.2) is 54.6 Å². The summed E-state index contributed by atoms with van der Waals surface area (Å²) in [5.41, 5.74) is 0.788. The van der Waals surface area contributed by atoms with Crippen molar-refractivity contribution in [3.63, 3.8) is 0 Å². The second kappa shape index (κ2) is 10.2. The molecule has 2 aliphatic rings. The number of esters is 1. The van der Waals surface area contributed by atoms with Gasteiger partial charge >= 0.3 is 5.97 Å². The third kappa shape index (κ3) is 5.22. The molecule has 178 valence electrons. The van der Waals surface area contributed by atoms with Crippen molar-refractivity contribution in [3.8, 4) is 11.5 Å². The largest absolute Gasteiger partial charge is 0.466 e. The zero-order chi connectivity index (χ0) is 23.4. The number of hydrogen-bond donors (Lipinski definition) is 0. The van der Waals surface area contributed by atoms with Crippen LogP contribution in [0.25, 0.3) is 0 Å². The zero-order valence-corrected chi connectivity index (χ0v) is 19.7. The zero-order valence-electron chi connectivity index (χ0n) is 18.9. The predicted octanol–water partition coefficient (Wildman–Crippen LogP) is 3.37. The highest BCUT2D eigenvalue weighted by Crippen LogP contribution is 2.37. The third-order valence-electron chi connectivity index (χ3n) is 6.11. The van der Waals surface area contributed by atoms with Crippen LogP contribution in [0, 0.1) is 5.92 Å². The summed E-state index contributed by atoms with van der Waals surface area (Å²) >= 11 is 0. The summed E-state index contributed by atoms with van der Waals surface area (Å²) in [6, 6.07) is 16.3. The fourth-order valence-electron chi connectivity index (χ4n) is 4.47. The second-order valence-corrected chi connectivity index (χ2v) is 10.5. The average molecular weight is 475 g/mol. The monoisotopic (exact) mass is 474 g/mol. The highest BCUT2D eigenvalue weighted by atomic mass is 32.2. The first-order chi connectivity index (χ1) is 15.9. The van der Waals surface area contributed by atoms with Gasteiger partial charge in [0.25, 0.3) is 0 Å². The van der Waals surface area contributed by atoms with Crippen LogP contribution in [0.5, 0.6) is 11.5 Å². The van der Waals surface area contributed by atoms with E-state index in [0.29, 0.717) is 30.9 Å². The molecule has 2 aromatic rings. The number of hydroxylamine groups is 2. The Bertz CT molecular complexity index is 1060. The lowest BCUT2D eigenvalue weighted by Gasteiger charge is -2.34. The van der Waals surface area contributed by atoms with Crippen molar-refractivity contribution < 1.29 is 27.5 Å². The van der Waals surface area contributed by atoms with E-state index in [1.165, 1.54) is 4.31 Å². The highest BCUT2D eigenvalue weighted by Gasteiger charge is 2.47. The van der Waals surface area contributed by atoms with Gasteiger partial charge in [0, 0.05) is 20.1 Å². The fraction of sp³-hybridized carbons (Fsp3) is 0.458. The molecule has 4 rings (SSSR count). The molecule has 8 nitrogen and oxygen atoms in total. The van der Waals surface area contributed by atoms with E-state index in [1.807, 2.05) is 54.6 Å². The van der Waals surface area contributed by atoms with Crippen LogP contribution in [0.1, 0.15) is 31.4 Å². The van der Waals surface area contributed by atoms with E-state index in [4.69, 9.17) is 14.3 Å². The molecule has 3 atom stereocenters. The average Bonchev–Trinajstić information content (AvgIpc) is 3.22. The lowest BCUT2D eigenvalue weighted by Crippen LogP contribution is -2.48. The van der Waals surface area contributed by atoms with E-state index in [9.17, 15) is 13.2 Å². The number of rotatable bonds is 7. The summed E-state index contributed by atoms with van der Waals surface area (Å²) in [5.74, 6) is 0.553. The minimum atomic E-state index is -3.73. The van der Waals surface area contributed by atoms with Gasteiger partial charge in [-0.3, -0.25) is 9.63 Å². The molecule has 33 heavy (non-hydrogen) atoms. The maximum absolute atomic E-state index is 13.7. The minimum absolute atomic E-state index is 0.0494. The van der Waals surface area contributed by atoms with E-state index in [1.54, 1.807) is 19.0 Å². The molecule has 0 bridgehead atoms. The summed E-state index contributed by atoms with van der Waals surface area (Å²) in [4.78, 5) is 17.9. The molecule has 0 aliphatic carbocycles. The van der Waals surface area contributed by atoms with Crippen LogP contribution >= 0.6 is 0 Å². The maximum Gasteiger partial charge on any atom is 0.310 e. The van der Waals surface area contributed by atoms with E-state index in [-0.39, 0.29) is 25.7 Å². The molecular formula is C24H30N2O6S. The molecule has 2 aromatic carbocycles. The Morgan fingerprint density at radius 2 is 1.88 bits per heavy atom. The lowest BCUT2D eigenvalue weighted by atomic mass is 10.0. The molecule has 0 N–H and O–H groups in total. The van der Waals surface area contributed by atoms with Gasteiger partial charge in [0.15, 0.2) is 0 Å². The predicted molar refractivity (Wildman–Crippen MR) is 123 cm³/mol. The summed E-state index contributed by atoms with van der Waals surface area (Å²) in [6.07, 6.45) is 1.26. The van der Waals surface area contributed by atoms with Crippen molar-refractivity contribution in [1.82, 2.24) is 9.37 Å². The van der Waals surface area contributed by atoms with E-state index < -0.39 is 27.2 Å². The molecule has 0 amide bonds. The first kappa shape index (κ1) is 23.7. The van der Waals surface area contributed by atoms with Crippen LogP contribution in [-0.2, 0) is 24.4 Å². The van der Waals surface area contributed by atoms with Crippen LogP contribution in [0.4, 0.5) is 0 Å². The summed E-state index contributed by atoms with van der Waals surface area (Å²) in [5, 5.41) is 0.798. The van der Waals surface area contributed by atoms with Gasteiger partial charge in [0.2, 0.25) is 10.0 Å². The number of carbonyl (C=O) groups excluding carboxylic acids is 1. The highest BCUT2D eigenvalue weighted by molar-refractivity contribution is 7.89. The van der Waals surface area contributed by atoms with Crippen LogP contribution < -0.4 is 4.74 Å². The molecule has 0 radical (unpaired) electrons. The molecule has 2 fully saturated rings. The van der Waals surface area contributed by atoms with Gasteiger partial charge in [-0.05, 0) is 49.6 Å². The number of hydrogen-bond acceptors (Lipinski definition) is 7. The number of sulfonamides is 1. The van der Waals surface area contributed by atoms with Gasteiger partial charge in [-0.1, -0.05) is 30.3 Å². The van der Waals surface area contributed by atoms with E-state index in [0.717, 1.165) is 5.56 Å². The Labute approximate surface area is 195 Å². The fourth-order valence-corrected chi connectivity index (χ4v) is 6.52. The molecule has 0 spiro atoms. The summed E-state index contributed by atoms with van der Waals surface area (Å²) < 4.78 is 39.8. The van der Waals surface area contributed by atoms with Crippen molar-refractivity contribution in [2.45, 2.75) is 31.1 Å². The summed E-state index contributed by atoms with van der Waals surface area (Å²) in [6.45, 7) is 2.62. The van der Waals surface area contributed by atoms with Crippen LogP contribution in [-0.4, -0.2) is 62.4 Å². The maximum atomic E-state index is 13.7. The Kier molecular flexibility index (Phi) is 7.33. The second-order valence-electron chi connectivity index (χ2n) is 8.31. The van der Waals surface area contributed by atoms with Crippen LogP contribution in [0.2, 0.25) is 0 Å². The number of piperidine rings is 1. The van der Waals surface area contributed by atoms with Gasteiger partial charge in [-0.25, -0.2) is 12.7 Å². The molecule has 2 aliphatic heterocycles. The summed E-state index contributed by atoms with van der Waals surface area (Å²) in [7, 11) is -1.99. The van der Waals surface area contributed by atoms with E-state index in [2.05, 4.69) is 0 Å². The van der Waals surface area contributed by atoms with Gasteiger partial charge in [0.1, 0.15) is 16.7 Å². The topological polar surface area (TPSA) is 85.4 Å². The number of carbonyl (C=O) groups is 1. The van der Waals surface area contributed by atoms with Crippen molar-refractivity contribution in [2.24, 2.45) is 5.92 Å². The lowest BCUT2D eigenvalue weighted by molar-refractivity contribution is -0.149. The van der Waals surface area contributed by atoms with Crippen molar-refractivity contribution in [2.75, 3.05) is 33.4 Å². The van der Waals surface area contributed by atoms with Gasteiger partial charge in [-0.15, -0.1) is 0 Å². The number of benzene rings is 2. The Morgan fingerprint density at radius 1 is 1.12 bits per heavy atom. The van der Waals surface area contributed by atoms with Crippen molar-refractivity contribution in [1.29, 1.82) is 0 Å². The van der Waals surface area contributed by atoms with Crippen LogP contribution in [0.3, 0.4) is 0 Å². The van der Waals surface area contributed by atoms with Gasteiger partial charge < -0.3 is 9.47 Å². The first-order valence-electron chi connectivity index (χ1n) is 11.2. The normalized spacial score (nSPS) is 24.5. The van der Waals surface area contributed by atoms with Gasteiger partial charge in [0.05, 0.1) is 25.2 Å². The molecule has 2 saturated heterocycles. The van der Waals surface area contributed by atoms with Crippen molar-refractivity contribution in [3.05, 3.63) is 60.2 Å². The smallest absolute Gasteiger partial charge is 0.310 e. The standard InChI is InChI=1S/C24H30N2O6S/c1-3-30-24(27)19-10-8-14-26(16-19)33(28,29)22-17-31-25(2)23(22)18-9-7-13-21(15-18)32-20-11-5-4-6-12-20/h4-7,9,11-13,15,19,22-23H,3,8,10,14,16-17H2,1-2H3/t19-,22+,23+/m1/s1. The molecule has 9 heteroatoms. The molecule has 0 saturated carbocycles. The van der Waals surface area contributed by atoms with Crippen molar-refractivity contribution >= 4 is 16.0 Å². The minimum Gasteiger partial charge on any atom is -0.466 e. The Balaban J connectivity index is 1.56.